The highest BCUT2D eigenvalue weighted by Crippen LogP contribution is 2.23. The molecule has 0 aliphatic heterocycles. The van der Waals surface area contributed by atoms with E-state index in [1.54, 1.807) is 0 Å². The van der Waals surface area contributed by atoms with Gasteiger partial charge in [-0.2, -0.15) is 0 Å². The summed E-state index contributed by atoms with van der Waals surface area (Å²) < 4.78 is 6.85. The summed E-state index contributed by atoms with van der Waals surface area (Å²) in [7, 11) is 0. The van der Waals surface area contributed by atoms with Crippen LogP contribution in [0.4, 0.5) is 0 Å². The van der Waals surface area contributed by atoms with Crippen molar-refractivity contribution in [3.63, 3.8) is 0 Å². The number of carbonyl (C=O) groups excluding carboxylic acids is 1. The summed E-state index contributed by atoms with van der Waals surface area (Å²) >= 11 is 1.26. The number of nitrogens with one attached hydrogen (secondary N) is 1. The molecule has 0 spiro atoms. The highest BCUT2D eigenvalue weighted by atomic mass is 32.2. The third-order valence-corrected chi connectivity index (χ3v) is 5.34. The highest BCUT2D eigenvalue weighted by Gasteiger charge is 2.14. The van der Waals surface area contributed by atoms with E-state index >= 15 is 0 Å². The van der Waals surface area contributed by atoms with Crippen molar-refractivity contribution < 1.29 is 9.53 Å². The predicted molar refractivity (Wildman–Crippen MR) is 115 cm³/mol. The Balaban J connectivity index is 1.50. The number of hydrogen-bond acceptors (Lipinski definition) is 6. The molecule has 0 aliphatic carbocycles. The minimum Gasteiger partial charge on any atom is -0.494 e. The second-order valence-electron chi connectivity index (χ2n) is 6.45. The Kier molecular flexibility index (Phi) is 7.13. The Morgan fingerprint density at radius 3 is 2.66 bits per heavy atom. The van der Waals surface area contributed by atoms with Crippen LogP contribution in [-0.2, 0) is 11.2 Å². The molecule has 1 amide bonds. The van der Waals surface area contributed by atoms with Crippen LogP contribution < -0.4 is 15.9 Å². The molecule has 8 heteroatoms. The van der Waals surface area contributed by atoms with Gasteiger partial charge in [0.25, 0.3) is 0 Å². The predicted octanol–water partition coefficient (Wildman–Crippen LogP) is 2.82. The molecule has 3 N–H and O–H groups in total. The molecule has 0 bridgehead atoms. The van der Waals surface area contributed by atoms with E-state index in [0.717, 1.165) is 17.7 Å². The van der Waals surface area contributed by atoms with Crippen molar-refractivity contribution >= 4 is 17.7 Å². The van der Waals surface area contributed by atoms with Gasteiger partial charge in [0, 0.05) is 12.1 Å². The van der Waals surface area contributed by atoms with Gasteiger partial charge in [-0.25, -0.2) is 4.68 Å². The third-order valence-electron chi connectivity index (χ3n) is 4.40. The average Bonchev–Trinajstić information content (AvgIpc) is 3.09. The Morgan fingerprint density at radius 2 is 1.93 bits per heavy atom. The quantitative estimate of drug-likeness (QED) is 0.415. The molecule has 0 fully saturated rings. The van der Waals surface area contributed by atoms with Crippen LogP contribution in [-0.4, -0.2) is 39.7 Å². The van der Waals surface area contributed by atoms with Crippen LogP contribution in [0.15, 0.2) is 53.7 Å². The van der Waals surface area contributed by atoms with Gasteiger partial charge >= 0.3 is 0 Å². The zero-order valence-corrected chi connectivity index (χ0v) is 17.4. The lowest BCUT2D eigenvalue weighted by atomic mass is 10.1. The maximum atomic E-state index is 12.1. The molecule has 0 radical (unpaired) electrons. The molecule has 3 aromatic rings. The van der Waals surface area contributed by atoms with E-state index in [1.807, 2.05) is 43.3 Å². The standard InChI is InChI=1S/C21H25N5O2S/c1-3-28-18-10-8-17(9-11-18)20-24-25-21(26(20)22)29-14-19(27)23-13-12-16-7-5-4-6-15(16)2/h4-11H,3,12-14,22H2,1-2H3,(H,23,27). The first-order valence-electron chi connectivity index (χ1n) is 9.46. The topological polar surface area (TPSA) is 95.1 Å². The van der Waals surface area contributed by atoms with Gasteiger partial charge < -0.3 is 15.9 Å². The number of benzene rings is 2. The third kappa shape index (κ3) is 5.51. The number of hydrogen-bond donors (Lipinski definition) is 2. The molecule has 0 atom stereocenters. The van der Waals surface area contributed by atoms with Gasteiger partial charge in [0.1, 0.15) is 5.75 Å². The monoisotopic (exact) mass is 411 g/mol. The van der Waals surface area contributed by atoms with Gasteiger partial charge in [0.2, 0.25) is 11.1 Å². The average molecular weight is 412 g/mol. The minimum absolute atomic E-state index is 0.0609. The molecular formula is C21H25N5O2S. The van der Waals surface area contributed by atoms with E-state index in [2.05, 4.69) is 34.6 Å². The molecule has 1 aromatic heterocycles. The van der Waals surface area contributed by atoms with Crippen LogP contribution in [0.3, 0.4) is 0 Å². The number of nitrogens with two attached hydrogens (primary N) is 1. The molecule has 3 rings (SSSR count). The molecule has 0 saturated carbocycles. The Morgan fingerprint density at radius 1 is 1.17 bits per heavy atom. The summed E-state index contributed by atoms with van der Waals surface area (Å²) in [5.74, 6) is 7.61. The lowest BCUT2D eigenvalue weighted by Gasteiger charge is -2.08. The SMILES string of the molecule is CCOc1ccc(-c2nnc(SCC(=O)NCCc3ccccc3C)n2N)cc1. The molecule has 152 valence electrons. The highest BCUT2D eigenvalue weighted by molar-refractivity contribution is 7.99. The smallest absolute Gasteiger partial charge is 0.230 e. The molecule has 1 heterocycles. The second kappa shape index (κ2) is 9.97. The van der Waals surface area contributed by atoms with Crippen molar-refractivity contribution in [1.29, 1.82) is 0 Å². The van der Waals surface area contributed by atoms with Gasteiger partial charge in [-0.05, 0) is 55.7 Å². The van der Waals surface area contributed by atoms with Gasteiger partial charge in [0.15, 0.2) is 5.82 Å². The normalized spacial score (nSPS) is 10.7. The molecule has 0 unspecified atom stereocenters. The van der Waals surface area contributed by atoms with Crippen molar-refractivity contribution in [2.75, 3.05) is 24.7 Å². The van der Waals surface area contributed by atoms with Crippen molar-refractivity contribution in [1.82, 2.24) is 20.2 Å². The zero-order chi connectivity index (χ0) is 20.6. The number of nitrogen functional groups attached to an aromatic ring is 1. The summed E-state index contributed by atoms with van der Waals surface area (Å²) in [5.41, 5.74) is 3.30. The number of ether oxygens (including phenoxy) is 1. The first-order chi connectivity index (χ1) is 14.1. The van der Waals surface area contributed by atoms with Gasteiger partial charge in [-0.15, -0.1) is 10.2 Å². The van der Waals surface area contributed by atoms with E-state index in [-0.39, 0.29) is 11.7 Å². The van der Waals surface area contributed by atoms with Crippen molar-refractivity contribution in [2.24, 2.45) is 0 Å². The Hall–Kier alpha value is -3.00. The fourth-order valence-corrected chi connectivity index (χ4v) is 3.53. The first kappa shape index (κ1) is 20.7. The molecule has 0 aliphatic rings. The molecular weight excluding hydrogens is 386 g/mol. The lowest BCUT2D eigenvalue weighted by molar-refractivity contribution is -0.118. The number of thioether (sulfide) groups is 1. The molecule has 29 heavy (non-hydrogen) atoms. The summed E-state index contributed by atoms with van der Waals surface area (Å²) in [6.45, 7) is 5.22. The van der Waals surface area contributed by atoms with E-state index in [1.165, 1.54) is 27.6 Å². The van der Waals surface area contributed by atoms with Crippen molar-refractivity contribution in [3.05, 3.63) is 59.7 Å². The molecule has 7 nitrogen and oxygen atoms in total. The van der Waals surface area contributed by atoms with Crippen LogP contribution in [0, 0.1) is 6.92 Å². The molecule has 2 aromatic carbocycles. The Bertz CT molecular complexity index is 956. The first-order valence-corrected chi connectivity index (χ1v) is 10.4. The van der Waals surface area contributed by atoms with Crippen LogP contribution in [0.1, 0.15) is 18.1 Å². The van der Waals surface area contributed by atoms with Crippen LogP contribution >= 0.6 is 11.8 Å². The number of aryl methyl sites for hydroxylation is 1. The number of nitrogens with zero attached hydrogens (tertiary/aromatic N) is 3. The summed E-state index contributed by atoms with van der Waals surface area (Å²) in [5, 5.41) is 11.7. The largest absolute Gasteiger partial charge is 0.494 e. The molecule has 0 saturated heterocycles. The van der Waals surface area contributed by atoms with E-state index < -0.39 is 0 Å². The Labute approximate surface area is 174 Å². The van der Waals surface area contributed by atoms with E-state index in [0.29, 0.717) is 24.1 Å². The van der Waals surface area contributed by atoms with E-state index in [4.69, 9.17) is 10.6 Å². The van der Waals surface area contributed by atoms with Gasteiger partial charge in [0.05, 0.1) is 12.4 Å². The maximum absolute atomic E-state index is 12.1. The number of aromatic nitrogens is 3. The van der Waals surface area contributed by atoms with Crippen LogP contribution in [0.2, 0.25) is 0 Å². The van der Waals surface area contributed by atoms with Crippen molar-refractivity contribution in [2.45, 2.75) is 25.4 Å². The summed E-state index contributed by atoms with van der Waals surface area (Å²) in [6, 6.07) is 15.7. The van der Waals surface area contributed by atoms with Crippen molar-refractivity contribution in [3.8, 4) is 17.1 Å². The van der Waals surface area contributed by atoms with Crippen LogP contribution in [0.5, 0.6) is 5.75 Å². The summed E-state index contributed by atoms with van der Waals surface area (Å²) in [4.78, 5) is 12.1. The van der Waals surface area contributed by atoms with Gasteiger partial charge in [-0.3, -0.25) is 4.79 Å². The van der Waals surface area contributed by atoms with Gasteiger partial charge in [-0.1, -0.05) is 36.0 Å². The van der Waals surface area contributed by atoms with E-state index in [9.17, 15) is 4.79 Å². The number of amides is 1. The fourth-order valence-electron chi connectivity index (χ4n) is 2.85. The maximum Gasteiger partial charge on any atom is 0.230 e. The number of rotatable bonds is 9. The zero-order valence-electron chi connectivity index (χ0n) is 16.6. The summed E-state index contributed by atoms with van der Waals surface area (Å²) in [6.07, 6.45) is 0.804. The lowest BCUT2D eigenvalue weighted by Crippen LogP contribution is -2.27. The van der Waals surface area contributed by atoms with Crippen LogP contribution in [0.25, 0.3) is 11.4 Å². The second-order valence-corrected chi connectivity index (χ2v) is 7.39. The minimum atomic E-state index is -0.0609. The number of carbonyl (C=O) groups is 1. The fraction of sp³-hybridized carbons (Fsp3) is 0.286.